The molecule has 0 spiro atoms. The van der Waals surface area contributed by atoms with Gasteiger partial charge in [-0.25, -0.2) is 4.39 Å². The van der Waals surface area contributed by atoms with E-state index in [4.69, 9.17) is 0 Å². The van der Waals surface area contributed by atoms with E-state index >= 15 is 0 Å². The van der Waals surface area contributed by atoms with Gasteiger partial charge in [0.2, 0.25) is 0 Å². The molecule has 0 aromatic heterocycles. The Kier molecular flexibility index (Phi) is 5.94. The molecular weight excluding hydrogens is 337 g/mol. The molecule has 0 aliphatic heterocycles. The Hall–Kier alpha value is 0.0700. The predicted molar refractivity (Wildman–Crippen MR) is 73.4 cm³/mol. The van der Waals surface area contributed by atoms with Crippen molar-refractivity contribution in [1.29, 1.82) is 0 Å². The first kappa shape index (κ1) is 14.1. The number of rotatable bonds is 5. The van der Waals surface area contributed by atoms with Crippen LogP contribution in [0.15, 0.2) is 22.7 Å². The lowest BCUT2D eigenvalue weighted by Gasteiger charge is -2.19. The van der Waals surface area contributed by atoms with E-state index in [9.17, 15) is 4.39 Å². The molecule has 90 valence electrons. The molecule has 2 atom stereocenters. The molecule has 4 heteroatoms. The molecule has 0 amide bonds. The van der Waals surface area contributed by atoms with Crippen LogP contribution in [0, 0.1) is 11.7 Å². The molecule has 1 aromatic rings. The average molecular weight is 353 g/mol. The van der Waals surface area contributed by atoms with E-state index in [2.05, 4.69) is 51.0 Å². The van der Waals surface area contributed by atoms with E-state index in [1.807, 2.05) is 6.07 Å². The monoisotopic (exact) mass is 351 g/mol. The fourth-order valence-electron chi connectivity index (χ4n) is 1.29. The summed E-state index contributed by atoms with van der Waals surface area (Å²) in [6.07, 6.45) is 0. The van der Waals surface area contributed by atoms with Crippen molar-refractivity contribution in [1.82, 2.24) is 5.32 Å². The molecule has 16 heavy (non-hydrogen) atoms. The van der Waals surface area contributed by atoms with Crippen molar-refractivity contribution >= 4 is 31.9 Å². The minimum absolute atomic E-state index is 0.208. The first-order valence-electron chi connectivity index (χ1n) is 5.28. The molecule has 0 saturated heterocycles. The maximum absolute atomic E-state index is 13.2. The molecular formula is C12H16Br2FN. The van der Waals surface area contributed by atoms with Crippen LogP contribution in [0.2, 0.25) is 0 Å². The van der Waals surface area contributed by atoms with Gasteiger partial charge in [0.15, 0.2) is 0 Å². The van der Waals surface area contributed by atoms with Crippen molar-refractivity contribution in [2.24, 2.45) is 5.92 Å². The van der Waals surface area contributed by atoms with Crippen LogP contribution >= 0.6 is 31.9 Å². The molecule has 0 heterocycles. The van der Waals surface area contributed by atoms with Crippen LogP contribution in [-0.2, 0) is 6.54 Å². The maximum Gasteiger partial charge on any atom is 0.137 e. The molecule has 1 aromatic carbocycles. The van der Waals surface area contributed by atoms with Crippen LogP contribution in [0.3, 0.4) is 0 Å². The Morgan fingerprint density at radius 1 is 1.38 bits per heavy atom. The lowest BCUT2D eigenvalue weighted by atomic mass is 10.1. The Bertz CT molecular complexity index is 344. The second-order valence-electron chi connectivity index (χ2n) is 4.01. The number of benzene rings is 1. The van der Waals surface area contributed by atoms with Gasteiger partial charge in [0.1, 0.15) is 5.82 Å². The minimum atomic E-state index is -0.208. The van der Waals surface area contributed by atoms with Gasteiger partial charge in [0.05, 0.1) is 4.47 Å². The van der Waals surface area contributed by atoms with Gasteiger partial charge in [0, 0.05) is 17.9 Å². The molecule has 1 rings (SSSR count). The van der Waals surface area contributed by atoms with Crippen LogP contribution in [0.4, 0.5) is 4.39 Å². The van der Waals surface area contributed by atoms with E-state index in [1.54, 1.807) is 6.07 Å². The molecule has 1 N–H and O–H groups in total. The van der Waals surface area contributed by atoms with E-state index in [-0.39, 0.29) is 5.82 Å². The quantitative estimate of drug-likeness (QED) is 0.787. The Balaban J connectivity index is 2.58. The fourth-order valence-corrected chi connectivity index (χ4v) is 2.26. The van der Waals surface area contributed by atoms with Crippen LogP contribution < -0.4 is 5.32 Å². The molecule has 2 unspecified atom stereocenters. The molecule has 0 aliphatic rings. The number of hydrogen-bond donors (Lipinski definition) is 1. The molecule has 0 fully saturated rings. The highest BCUT2D eigenvalue weighted by molar-refractivity contribution is 9.10. The SMILES string of the molecule is CC(CBr)C(C)NCc1cccc(F)c1Br. The summed E-state index contributed by atoms with van der Waals surface area (Å²) in [5.74, 6) is 0.341. The third kappa shape index (κ3) is 3.82. The topological polar surface area (TPSA) is 12.0 Å². The highest BCUT2D eigenvalue weighted by Crippen LogP contribution is 2.20. The van der Waals surface area contributed by atoms with Crippen molar-refractivity contribution in [2.75, 3.05) is 5.33 Å². The second-order valence-corrected chi connectivity index (χ2v) is 5.45. The highest BCUT2D eigenvalue weighted by Gasteiger charge is 2.11. The average Bonchev–Trinajstić information content (AvgIpc) is 2.29. The van der Waals surface area contributed by atoms with Crippen molar-refractivity contribution < 1.29 is 4.39 Å². The predicted octanol–water partition coefficient (Wildman–Crippen LogP) is 4.10. The van der Waals surface area contributed by atoms with Crippen molar-refractivity contribution in [2.45, 2.75) is 26.4 Å². The van der Waals surface area contributed by atoms with E-state index < -0.39 is 0 Å². The number of hydrogen-bond acceptors (Lipinski definition) is 1. The minimum Gasteiger partial charge on any atom is -0.310 e. The first-order valence-corrected chi connectivity index (χ1v) is 7.20. The Morgan fingerprint density at radius 3 is 2.69 bits per heavy atom. The normalized spacial score (nSPS) is 14.8. The van der Waals surface area contributed by atoms with E-state index in [0.29, 0.717) is 23.0 Å². The van der Waals surface area contributed by atoms with Gasteiger partial charge >= 0.3 is 0 Å². The summed E-state index contributed by atoms with van der Waals surface area (Å²) in [7, 11) is 0. The summed E-state index contributed by atoms with van der Waals surface area (Å²) in [5, 5.41) is 4.35. The standard InChI is InChI=1S/C12H16Br2FN/c1-8(6-13)9(2)16-7-10-4-3-5-11(15)12(10)14/h3-5,8-9,16H,6-7H2,1-2H3. The molecule has 0 radical (unpaired) electrons. The molecule has 0 saturated carbocycles. The zero-order chi connectivity index (χ0) is 12.1. The van der Waals surface area contributed by atoms with E-state index in [1.165, 1.54) is 6.07 Å². The van der Waals surface area contributed by atoms with Crippen LogP contribution in [0.1, 0.15) is 19.4 Å². The van der Waals surface area contributed by atoms with Crippen LogP contribution in [-0.4, -0.2) is 11.4 Å². The van der Waals surface area contributed by atoms with Crippen molar-refractivity contribution in [3.8, 4) is 0 Å². The Morgan fingerprint density at radius 2 is 2.06 bits per heavy atom. The molecule has 0 aliphatic carbocycles. The molecule has 1 nitrogen and oxygen atoms in total. The summed E-state index contributed by atoms with van der Waals surface area (Å²) in [5.41, 5.74) is 0.952. The third-order valence-electron chi connectivity index (χ3n) is 2.74. The van der Waals surface area contributed by atoms with E-state index in [0.717, 1.165) is 10.9 Å². The third-order valence-corrected chi connectivity index (χ3v) is 4.65. The van der Waals surface area contributed by atoms with Gasteiger partial charge in [-0.2, -0.15) is 0 Å². The fraction of sp³-hybridized carbons (Fsp3) is 0.500. The van der Waals surface area contributed by atoms with Gasteiger partial charge in [-0.1, -0.05) is 35.0 Å². The number of halogens is 3. The number of alkyl halides is 1. The highest BCUT2D eigenvalue weighted by atomic mass is 79.9. The van der Waals surface area contributed by atoms with Gasteiger partial charge < -0.3 is 5.32 Å². The first-order chi connectivity index (χ1) is 7.56. The smallest absolute Gasteiger partial charge is 0.137 e. The van der Waals surface area contributed by atoms with Gasteiger partial charge in [0.25, 0.3) is 0 Å². The van der Waals surface area contributed by atoms with Crippen molar-refractivity contribution in [3.05, 3.63) is 34.1 Å². The second kappa shape index (κ2) is 6.72. The van der Waals surface area contributed by atoms with Gasteiger partial charge in [-0.15, -0.1) is 0 Å². The summed E-state index contributed by atoms with van der Waals surface area (Å²) in [6, 6.07) is 5.51. The largest absolute Gasteiger partial charge is 0.310 e. The summed E-state index contributed by atoms with van der Waals surface area (Å²) in [4.78, 5) is 0. The van der Waals surface area contributed by atoms with Gasteiger partial charge in [-0.3, -0.25) is 0 Å². The van der Waals surface area contributed by atoms with Crippen LogP contribution in [0.25, 0.3) is 0 Å². The van der Waals surface area contributed by atoms with Crippen LogP contribution in [0.5, 0.6) is 0 Å². The summed E-state index contributed by atoms with van der Waals surface area (Å²) < 4.78 is 13.8. The number of nitrogens with one attached hydrogen (secondary N) is 1. The zero-order valence-electron chi connectivity index (χ0n) is 9.43. The lowest BCUT2D eigenvalue weighted by molar-refractivity contribution is 0.432. The maximum atomic E-state index is 13.2. The lowest BCUT2D eigenvalue weighted by Crippen LogP contribution is -2.32. The zero-order valence-corrected chi connectivity index (χ0v) is 12.6. The van der Waals surface area contributed by atoms with Gasteiger partial charge in [-0.05, 0) is 40.4 Å². The van der Waals surface area contributed by atoms with Crippen molar-refractivity contribution in [3.63, 3.8) is 0 Å². The molecule has 0 bridgehead atoms. The summed E-state index contributed by atoms with van der Waals surface area (Å²) >= 11 is 6.72. The summed E-state index contributed by atoms with van der Waals surface area (Å²) in [6.45, 7) is 4.99. The Labute approximate surface area is 113 Å².